The number of fused-ring (bicyclic) bond motifs is 1. The number of aromatic carboxylic acids is 1. The van der Waals surface area contributed by atoms with E-state index in [2.05, 4.69) is 38.4 Å². The summed E-state index contributed by atoms with van der Waals surface area (Å²) in [7, 11) is 0. The number of nitrogens with one attached hydrogen (secondary N) is 1. The Kier molecular flexibility index (Phi) is 2.70. The molecule has 90 valence electrons. The smallest absolute Gasteiger partial charge is 0.352 e. The summed E-state index contributed by atoms with van der Waals surface area (Å²) < 4.78 is 0. The molecule has 0 saturated carbocycles. The molecule has 0 radical (unpaired) electrons. The summed E-state index contributed by atoms with van der Waals surface area (Å²) in [6.07, 6.45) is 0. The lowest BCUT2D eigenvalue weighted by molar-refractivity contribution is 0.0691. The van der Waals surface area contributed by atoms with Crippen LogP contribution in [0.2, 0.25) is 0 Å². The van der Waals surface area contributed by atoms with Gasteiger partial charge < -0.3 is 10.1 Å². The van der Waals surface area contributed by atoms with Crippen molar-refractivity contribution in [3.05, 3.63) is 29.5 Å². The van der Waals surface area contributed by atoms with E-state index in [0.29, 0.717) is 0 Å². The minimum atomic E-state index is -0.945. The van der Waals surface area contributed by atoms with Crippen molar-refractivity contribution in [2.45, 2.75) is 31.1 Å². The van der Waals surface area contributed by atoms with Crippen LogP contribution in [0.15, 0.2) is 23.1 Å². The quantitative estimate of drug-likeness (QED) is 0.678. The van der Waals surface area contributed by atoms with Gasteiger partial charge >= 0.3 is 5.97 Å². The monoisotopic (exact) mass is 249 g/mol. The van der Waals surface area contributed by atoms with Crippen LogP contribution in [0.25, 0.3) is 10.9 Å². The van der Waals surface area contributed by atoms with Gasteiger partial charge in [-0.25, -0.2) is 4.79 Å². The number of hydrogen-bond donors (Lipinski definition) is 3. The highest BCUT2D eigenvalue weighted by Crippen LogP contribution is 2.32. The molecule has 0 spiro atoms. The third kappa shape index (κ3) is 2.17. The zero-order valence-electron chi connectivity index (χ0n) is 10.0. The fourth-order valence-electron chi connectivity index (χ4n) is 1.88. The predicted octanol–water partition coefficient (Wildman–Crippen LogP) is 3.45. The van der Waals surface area contributed by atoms with E-state index >= 15 is 0 Å². The molecule has 2 aromatic rings. The Morgan fingerprint density at radius 3 is 2.47 bits per heavy atom. The number of thiol groups is 1. The summed E-state index contributed by atoms with van der Waals surface area (Å²) >= 11 is 4.47. The Morgan fingerprint density at radius 1 is 1.29 bits per heavy atom. The first-order valence-electron chi connectivity index (χ1n) is 5.38. The van der Waals surface area contributed by atoms with Gasteiger partial charge in [0.1, 0.15) is 5.69 Å². The SMILES string of the molecule is CC(C)(C)c1cc2[nH]c(C(=O)O)cc2cc1S. The molecule has 0 saturated heterocycles. The van der Waals surface area contributed by atoms with Gasteiger partial charge in [0.15, 0.2) is 0 Å². The molecule has 2 N–H and O–H groups in total. The number of carboxylic acids is 1. The van der Waals surface area contributed by atoms with Crippen molar-refractivity contribution in [3.63, 3.8) is 0 Å². The van der Waals surface area contributed by atoms with Crippen LogP contribution in [-0.4, -0.2) is 16.1 Å². The van der Waals surface area contributed by atoms with E-state index in [0.717, 1.165) is 21.4 Å². The molecule has 17 heavy (non-hydrogen) atoms. The first kappa shape index (κ1) is 12.0. The molecule has 0 fully saturated rings. The fourth-order valence-corrected chi connectivity index (χ4v) is 2.42. The average molecular weight is 249 g/mol. The van der Waals surface area contributed by atoms with Gasteiger partial charge in [0.05, 0.1) is 0 Å². The molecule has 0 bridgehead atoms. The second-order valence-electron chi connectivity index (χ2n) is 5.19. The Bertz CT molecular complexity index is 593. The standard InChI is InChI=1S/C13H15NO2S/c1-13(2,3)8-6-9-7(5-11(8)17)4-10(14-9)12(15)16/h4-6,14,17H,1-3H3,(H,15,16). The first-order valence-corrected chi connectivity index (χ1v) is 5.83. The number of aromatic amines is 1. The van der Waals surface area contributed by atoms with E-state index in [9.17, 15) is 4.79 Å². The maximum absolute atomic E-state index is 10.9. The summed E-state index contributed by atoms with van der Waals surface area (Å²) in [5.74, 6) is -0.945. The summed E-state index contributed by atoms with van der Waals surface area (Å²) in [6, 6.07) is 5.51. The van der Waals surface area contributed by atoms with E-state index in [1.807, 2.05) is 12.1 Å². The zero-order chi connectivity index (χ0) is 12.8. The highest BCUT2D eigenvalue weighted by atomic mass is 32.1. The largest absolute Gasteiger partial charge is 0.477 e. The van der Waals surface area contributed by atoms with Crippen LogP contribution in [0, 0.1) is 0 Å². The highest BCUT2D eigenvalue weighted by molar-refractivity contribution is 7.80. The van der Waals surface area contributed by atoms with E-state index in [1.54, 1.807) is 6.07 Å². The number of carboxylic acid groups (broad SMARTS) is 1. The normalized spacial score (nSPS) is 12.0. The van der Waals surface area contributed by atoms with E-state index < -0.39 is 5.97 Å². The lowest BCUT2D eigenvalue weighted by Crippen LogP contribution is -2.11. The minimum absolute atomic E-state index is 0.0141. The summed E-state index contributed by atoms with van der Waals surface area (Å²) in [4.78, 5) is 14.7. The van der Waals surface area contributed by atoms with Crippen LogP contribution < -0.4 is 0 Å². The maximum Gasteiger partial charge on any atom is 0.352 e. The van der Waals surface area contributed by atoms with E-state index in [4.69, 9.17) is 5.11 Å². The summed E-state index contributed by atoms with van der Waals surface area (Å²) in [6.45, 7) is 6.32. The van der Waals surface area contributed by atoms with Crippen molar-refractivity contribution in [2.75, 3.05) is 0 Å². The lowest BCUT2D eigenvalue weighted by Gasteiger charge is -2.21. The third-order valence-corrected chi connectivity index (χ3v) is 3.15. The number of benzene rings is 1. The van der Waals surface area contributed by atoms with Crippen molar-refractivity contribution in [3.8, 4) is 0 Å². The van der Waals surface area contributed by atoms with Gasteiger partial charge in [0.25, 0.3) is 0 Å². The van der Waals surface area contributed by atoms with Gasteiger partial charge in [-0.15, -0.1) is 12.6 Å². The highest BCUT2D eigenvalue weighted by Gasteiger charge is 2.18. The Labute approximate surface area is 105 Å². The van der Waals surface area contributed by atoms with E-state index in [1.165, 1.54) is 0 Å². The molecule has 0 aliphatic rings. The van der Waals surface area contributed by atoms with Gasteiger partial charge in [-0.05, 0) is 29.2 Å². The average Bonchev–Trinajstić information content (AvgIpc) is 2.57. The summed E-state index contributed by atoms with van der Waals surface area (Å²) in [5, 5.41) is 9.81. The summed E-state index contributed by atoms with van der Waals surface area (Å²) in [5.41, 5.74) is 2.13. The van der Waals surface area contributed by atoms with Crippen LogP contribution in [-0.2, 0) is 5.41 Å². The lowest BCUT2D eigenvalue weighted by atomic mass is 9.86. The second-order valence-corrected chi connectivity index (χ2v) is 5.68. The molecular weight excluding hydrogens is 234 g/mol. The molecular formula is C13H15NO2S. The Hall–Kier alpha value is -1.42. The van der Waals surface area contributed by atoms with Gasteiger partial charge in [-0.2, -0.15) is 0 Å². The van der Waals surface area contributed by atoms with Crippen molar-refractivity contribution < 1.29 is 9.90 Å². The predicted molar refractivity (Wildman–Crippen MR) is 71.2 cm³/mol. The Morgan fingerprint density at radius 2 is 1.94 bits per heavy atom. The molecule has 0 amide bonds. The number of carbonyl (C=O) groups is 1. The van der Waals surface area contributed by atoms with Crippen molar-refractivity contribution in [2.24, 2.45) is 0 Å². The van der Waals surface area contributed by atoms with Gasteiger partial charge in [0, 0.05) is 15.8 Å². The van der Waals surface area contributed by atoms with Gasteiger partial charge in [-0.3, -0.25) is 0 Å². The number of rotatable bonds is 1. The molecule has 4 heteroatoms. The Balaban J connectivity index is 2.68. The topological polar surface area (TPSA) is 53.1 Å². The van der Waals surface area contributed by atoms with Crippen LogP contribution in [0.4, 0.5) is 0 Å². The van der Waals surface area contributed by atoms with E-state index in [-0.39, 0.29) is 11.1 Å². The van der Waals surface area contributed by atoms with Crippen LogP contribution in [0.3, 0.4) is 0 Å². The second kappa shape index (κ2) is 3.81. The van der Waals surface area contributed by atoms with Crippen LogP contribution in [0.5, 0.6) is 0 Å². The molecule has 0 atom stereocenters. The third-order valence-electron chi connectivity index (χ3n) is 2.78. The minimum Gasteiger partial charge on any atom is -0.477 e. The molecule has 1 aromatic heterocycles. The van der Waals surface area contributed by atoms with Crippen LogP contribution in [0.1, 0.15) is 36.8 Å². The molecule has 3 nitrogen and oxygen atoms in total. The van der Waals surface area contributed by atoms with Crippen LogP contribution >= 0.6 is 12.6 Å². The van der Waals surface area contributed by atoms with Gasteiger partial charge in [0.2, 0.25) is 0 Å². The molecule has 0 aliphatic carbocycles. The van der Waals surface area contributed by atoms with Crippen molar-refractivity contribution in [1.82, 2.24) is 4.98 Å². The maximum atomic E-state index is 10.9. The number of hydrogen-bond acceptors (Lipinski definition) is 2. The van der Waals surface area contributed by atoms with Crippen molar-refractivity contribution in [1.29, 1.82) is 0 Å². The van der Waals surface area contributed by atoms with Gasteiger partial charge in [-0.1, -0.05) is 20.8 Å². The molecule has 0 aliphatic heterocycles. The fraction of sp³-hybridized carbons (Fsp3) is 0.308. The molecule has 0 unspecified atom stereocenters. The molecule has 1 aromatic carbocycles. The zero-order valence-corrected chi connectivity index (χ0v) is 10.9. The molecule has 2 rings (SSSR count). The molecule has 1 heterocycles. The van der Waals surface area contributed by atoms with Crippen molar-refractivity contribution >= 4 is 29.5 Å². The first-order chi connectivity index (χ1) is 7.79. The number of aromatic nitrogens is 1. The number of H-pyrrole nitrogens is 1.